The van der Waals surface area contributed by atoms with Crippen LogP contribution in [0.2, 0.25) is 0 Å². The lowest BCUT2D eigenvalue weighted by atomic mass is 10.1. The molecule has 1 amide bonds. The zero-order valence-corrected chi connectivity index (χ0v) is 15.0. The maximum absolute atomic E-state index is 12.4. The third-order valence-corrected chi connectivity index (χ3v) is 5.19. The van der Waals surface area contributed by atoms with Crippen molar-refractivity contribution in [2.45, 2.75) is 20.4 Å². The van der Waals surface area contributed by atoms with E-state index in [2.05, 4.69) is 5.32 Å². The van der Waals surface area contributed by atoms with E-state index in [1.54, 1.807) is 23.0 Å². The SMILES string of the molecule is Cc1ccc(-n2c(N)c(C(=O)NCc3ccco3)sc2=S)cc1C. The summed E-state index contributed by atoms with van der Waals surface area (Å²) in [6.45, 7) is 4.38. The van der Waals surface area contributed by atoms with Crippen LogP contribution in [-0.2, 0) is 6.54 Å². The first-order valence-electron chi connectivity index (χ1n) is 7.37. The van der Waals surface area contributed by atoms with Crippen molar-refractivity contribution in [1.82, 2.24) is 9.88 Å². The molecule has 0 atom stereocenters. The second-order valence-electron chi connectivity index (χ2n) is 5.45. The lowest BCUT2D eigenvalue weighted by Crippen LogP contribution is -2.22. The lowest BCUT2D eigenvalue weighted by Gasteiger charge is -2.09. The number of amides is 1. The molecule has 3 rings (SSSR count). The highest BCUT2D eigenvalue weighted by atomic mass is 32.1. The number of nitrogens with zero attached hydrogens (tertiary/aromatic N) is 1. The predicted molar refractivity (Wildman–Crippen MR) is 98.2 cm³/mol. The number of carbonyl (C=O) groups excluding carboxylic acids is 1. The van der Waals surface area contributed by atoms with Gasteiger partial charge in [-0.25, -0.2) is 0 Å². The molecule has 0 aliphatic heterocycles. The zero-order valence-electron chi connectivity index (χ0n) is 13.3. The summed E-state index contributed by atoms with van der Waals surface area (Å²) in [5, 5.41) is 2.79. The van der Waals surface area contributed by atoms with Crippen molar-refractivity contribution in [2.75, 3.05) is 5.73 Å². The highest BCUT2D eigenvalue weighted by Gasteiger charge is 2.18. The Labute approximate surface area is 148 Å². The summed E-state index contributed by atoms with van der Waals surface area (Å²) in [6, 6.07) is 9.55. The first-order valence-corrected chi connectivity index (χ1v) is 8.59. The third-order valence-electron chi connectivity index (χ3n) is 3.80. The summed E-state index contributed by atoms with van der Waals surface area (Å²) in [4.78, 5) is 12.8. The lowest BCUT2D eigenvalue weighted by molar-refractivity contribution is 0.0952. The number of aryl methyl sites for hydroxylation is 2. The average Bonchev–Trinajstić information content (AvgIpc) is 3.16. The van der Waals surface area contributed by atoms with Gasteiger partial charge in [0.25, 0.3) is 5.91 Å². The molecule has 0 saturated carbocycles. The van der Waals surface area contributed by atoms with Crippen molar-refractivity contribution in [3.8, 4) is 5.69 Å². The average molecular weight is 359 g/mol. The van der Waals surface area contributed by atoms with Gasteiger partial charge in [-0.05, 0) is 61.5 Å². The minimum Gasteiger partial charge on any atom is -0.467 e. The summed E-state index contributed by atoms with van der Waals surface area (Å²) in [5.41, 5.74) is 9.39. The third kappa shape index (κ3) is 3.13. The first-order chi connectivity index (χ1) is 11.5. The second-order valence-corrected chi connectivity index (χ2v) is 7.09. The number of thiazole rings is 1. The number of hydrogen-bond donors (Lipinski definition) is 2. The van der Waals surface area contributed by atoms with Gasteiger partial charge in [0.1, 0.15) is 16.5 Å². The van der Waals surface area contributed by atoms with Crippen LogP contribution in [0, 0.1) is 17.8 Å². The van der Waals surface area contributed by atoms with E-state index in [0.717, 1.165) is 11.3 Å². The number of hydrogen-bond acceptors (Lipinski definition) is 5. The van der Waals surface area contributed by atoms with Gasteiger partial charge in [-0.3, -0.25) is 9.36 Å². The van der Waals surface area contributed by atoms with Gasteiger partial charge in [-0.2, -0.15) is 0 Å². The Morgan fingerprint density at radius 2 is 2.12 bits per heavy atom. The number of rotatable bonds is 4. The molecule has 7 heteroatoms. The molecule has 124 valence electrons. The van der Waals surface area contributed by atoms with E-state index >= 15 is 0 Å². The molecule has 0 spiro atoms. The molecule has 0 aliphatic rings. The highest BCUT2D eigenvalue weighted by molar-refractivity contribution is 7.73. The Balaban J connectivity index is 1.89. The Kier molecular flexibility index (Phi) is 4.55. The number of anilines is 1. The van der Waals surface area contributed by atoms with E-state index in [1.165, 1.54) is 16.9 Å². The summed E-state index contributed by atoms with van der Waals surface area (Å²) in [5.74, 6) is 0.770. The standard InChI is InChI=1S/C17H17N3O2S2/c1-10-5-6-12(8-11(10)2)20-15(18)14(24-17(20)23)16(21)19-9-13-4-3-7-22-13/h3-8H,9,18H2,1-2H3,(H,19,21). The van der Waals surface area contributed by atoms with Gasteiger partial charge in [0.2, 0.25) is 0 Å². The molecule has 2 heterocycles. The largest absolute Gasteiger partial charge is 0.467 e. The van der Waals surface area contributed by atoms with Crippen LogP contribution in [0.4, 0.5) is 5.82 Å². The van der Waals surface area contributed by atoms with Crippen LogP contribution in [0.25, 0.3) is 5.69 Å². The maximum atomic E-state index is 12.4. The van der Waals surface area contributed by atoms with Crippen LogP contribution in [0.1, 0.15) is 26.6 Å². The normalized spacial score (nSPS) is 10.8. The van der Waals surface area contributed by atoms with E-state index in [1.807, 2.05) is 32.0 Å². The molecular weight excluding hydrogens is 342 g/mol. The molecule has 5 nitrogen and oxygen atoms in total. The van der Waals surface area contributed by atoms with Crippen LogP contribution in [0.5, 0.6) is 0 Å². The monoisotopic (exact) mass is 359 g/mol. The predicted octanol–water partition coefficient (Wildman–Crippen LogP) is 3.99. The molecule has 0 fully saturated rings. The Morgan fingerprint density at radius 3 is 2.79 bits per heavy atom. The fourth-order valence-corrected chi connectivity index (χ4v) is 3.60. The van der Waals surface area contributed by atoms with Gasteiger partial charge in [-0.1, -0.05) is 17.4 Å². The van der Waals surface area contributed by atoms with Crippen LogP contribution in [0.3, 0.4) is 0 Å². The Bertz CT molecular complexity index is 939. The van der Waals surface area contributed by atoms with Crippen molar-refractivity contribution in [3.63, 3.8) is 0 Å². The Hall–Kier alpha value is -2.38. The van der Waals surface area contributed by atoms with Gasteiger partial charge in [0.15, 0.2) is 3.95 Å². The van der Waals surface area contributed by atoms with Gasteiger partial charge in [0, 0.05) is 5.69 Å². The summed E-state index contributed by atoms with van der Waals surface area (Å²) in [6.07, 6.45) is 1.57. The number of aromatic nitrogens is 1. The molecular formula is C17H17N3O2S2. The number of carbonyl (C=O) groups is 1. The second kappa shape index (κ2) is 6.62. The fourth-order valence-electron chi connectivity index (χ4n) is 2.32. The molecule has 0 aliphatic carbocycles. The summed E-state index contributed by atoms with van der Waals surface area (Å²) >= 11 is 6.61. The van der Waals surface area contributed by atoms with Gasteiger partial charge >= 0.3 is 0 Å². The number of benzene rings is 1. The smallest absolute Gasteiger partial charge is 0.265 e. The van der Waals surface area contributed by atoms with E-state index in [-0.39, 0.29) is 5.91 Å². The molecule has 0 radical (unpaired) electrons. The van der Waals surface area contributed by atoms with Crippen LogP contribution in [0.15, 0.2) is 41.0 Å². The first kappa shape index (κ1) is 16.5. The molecule has 1 aromatic carbocycles. The van der Waals surface area contributed by atoms with Gasteiger partial charge in [-0.15, -0.1) is 0 Å². The quantitative estimate of drug-likeness (QED) is 0.691. The van der Waals surface area contributed by atoms with E-state index in [4.69, 9.17) is 22.4 Å². The topological polar surface area (TPSA) is 73.2 Å². The van der Waals surface area contributed by atoms with Gasteiger partial charge < -0.3 is 15.5 Å². The van der Waals surface area contributed by atoms with E-state index < -0.39 is 0 Å². The number of furan rings is 1. The number of nitrogens with one attached hydrogen (secondary N) is 1. The van der Waals surface area contributed by atoms with Crippen molar-refractivity contribution in [2.24, 2.45) is 0 Å². The molecule has 3 N–H and O–H groups in total. The molecule has 0 saturated heterocycles. The van der Waals surface area contributed by atoms with Crippen LogP contribution >= 0.6 is 23.6 Å². The molecule has 3 aromatic rings. The van der Waals surface area contributed by atoms with Crippen molar-refractivity contribution >= 4 is 35.3 Å². The molecule has 0 bridgehead atoms. The van der Waals surface area contributed by atoms with E-state index in [0.29, 0.717) is 27.0 Å². The molecule has 2 aromatic heterocycles. The van der Waals surface area contributed by atoms with Crippen molar-refractivity contribution < 1.29 is 9.21 Å². The van der Waals surface area contributed by atoms with Crippen LogP contribution < -0.4 is 11.1 Å². The minimum absolute atomic E-state index is 0.261. The maximum Gasteiger partial charge on any atom is 0.265 e. The molecule has 24 heavy (non-hydrogen) atoms. The molecule has 0 unspecified atom stereocenters. The summed E-state index contributed by atoms with van der Waals surface area (Å²) < 4.78 is 7.48. The van der Waals surface area contributed by atoms with E-state index in [9.17, 15) is 4.79 Å². The van der Waals surface area contributed by atoms with Gasteiger partial charge in [0.05, 0.1) is 12.8 Å². The van der Waals surface area contributed by atoms with Crippen molar-refractivity contribution in [3.05, 3.63) is 62.3 Å². The summed E-state index contributed by atoms with van der Waals surface area (Å²) in [7, 11) is 0. The fraction of sp³-hybridized carbons (Fsp3) is 0.176. The number of nitrogens with two attached hydrogens (primary N) is 1. The highest BCUT2D eigenvalue weighted by Crippen LogP contribution is 2.27. The van der Waals surface area contributed by atoms with Crippen molar-refractivity contribution in [1.29, 1.82) is 0 Å². The minimum atomic E-state index is -0.261. The zero-order chi connectivity index (χ0) is 17.3. The van der Waals surface area contributed by atoms with Crippen LogP contribution in [-0.4, -0.2) is 10.5 Å². The number of nitrogen functional groups attached to an aromatic ring is 1. The Morgan fingerprint density at radius 1 is 1.33 bits per heavy atom.